The van der Waals surface area contributed by atoms with Crippen LogP contribution in [0.4, 0.5) is 0 Å². The van der Waals surface area contributed by atoms with Crippen LogP contribution < -0.4 is 5.32 Å². The maximum absolute atomic E-state index is 4.24. The molecule has 16 heavy (non-hydrogen) atoms. The Hall–Kier alpha value is -0.720. The number of allylic oxidation sites excluding steroid dienone is 2. The fourth-order valence-electron chi connectivity index (χ4n) is 3.28. The van der Waals surface area contributed by atoms with Crippen LogP contribution in [0.5, 0.6) is 0 Å². The molecule has 1 fully saturated rings. The lowest BCUT2D eigenvalue weighted by molar-refractivity contribution is 0.186. The first-order chi connectivity index (χ1) is 7.60. The minimum Gasteiger partial charge on any atom is -0.363 e. The SMILES string of the molecule is C=C1CC(CC)(C(CCC)CCC)C(=C)N1. The highest BCUT2D eigenvalue weighted by Gasteiger charge is 2.43. The van der Waals surface area contributed by atoms with Gasteiger partial charge in [0.2, 0.25) is 0 Å². The molecule has 0 radical (unpaired) electrons. The first kappa shape index (κ1) is 13.3. The quantitative estimate of drug-likeness (QED) is 0.690. The van der Waals surface area contributed by atoms with Gasteiger partial charge in [-0.25, -0.2) is 0 Å². The largest absolute Gasteiger partial charge is 0.363 e. The van der Waals surface area contributed by atoms with E-state index >= 15 is 0 Å². The highest BCUT2D eigenvalue weighted by Crippen LogP contribution is 2.50. The van der Waals surface area contributed by atoms with Crippen LogP contribution in [0.3, 0.4) is 0 Å². The number of nitrogens with one attached hydrogen (secondary N) is 1. The van der Waals surface area contributed by atoms with E-state index < -0.39 is 0 Å². The maximum atomic E-state index is 4.24. The van der Waals surface area contributed by atoms with E-state index in [-0.39, 0.29) is 5.41 Å². The molecule has 0 spiro atoms. The second kappa shape index (κ2) is 5.56. The molecule has 92 valence electrons. The first-order valence-corrected chi connectivity index (χ1v) is 6.74. The summed E-state index contributed by atoms with van der Waals surface area (Å²) >= 11 is 0. The molecular formula is C15H27N. The predicted molar refractivity (Wildman–Crippen MR) is 72.1 cm³/mol. The van der Waals surface area contributed by atoms with Crippen molar-refractivity contribution >= 4 is 0 Å². The third-order valence-electron chi connectivity index (χ3n) is 4.14. The molecule has 1 aliphatic heterocycles. The van der Waals surface area contributed by atoms with Crippen LogP contribution in [0.15, 0.2) is 24.6 Å². The Balaban J connectivity index is 2.91. The van der Waals surface area contributed by atoms with Crippen LogP contribution in [-0.2, 0) is 0 Å². The molecule has 0 bridgehead atoms. The van der Waals surface area contributed by atoms with E-state index in [9.17, 15) is 0 Å². The lowest BCUT2D eigenvalue weighted by atomic mass is 9.67. The molecule has 1 saturated heterocycles. The molecule has 0 amide bonds. The van der Waals surface area contributed by atoms with Gasteiger partial charge in [-0.2, -0.15) is 0 Å². The Morgan fingerprint density at radius 3 is 2.06 bits per heavy atom. The van der Waals surface area contributed by atoms with Gasteiger partial charge in [0.15, 0.2) is 0 Å². The molecule has 1 unspecified atom stereocenters. The minimum atomic E-state index is 0.281. The molecule has 0 aliphatic carbocycles. The lowest BCUT2D eigenvalue weighted by Gasteiger charge is -2.37. The summed E-state index contributed by atoms with van der Waals surface area (Å²) in [5, 5.41) is 3.37. The van der Waals surface area contributed by atoms with E-state index in [2.05, 4.69) is 39.2 Å². The summed E-state index contributed by atoms with van der Waals surface area (Å²) in [5.41, 5.74) is 2.65. The van der Waals surface area contributed by atoms with Gasteiger partial charge in [-0.3, -0.25) is 0 Å². The maximum Gasteiger partial charge on any atom is 0.0178 e. The van der Waals surface area contributed by atoms with Crippen LogP contribution in [0.2, 0.25) is 0 Å². The summed E-state index contributed by atoms with van der Waals surface area (Å²) in [6.45, 7) is 15.2. The van der Waals surface area contributed by atoms with Gasteiger partial charge < -0.3 is 5.32 Å². The van der Waals surface area contributed by atoms with Crippen LogP contribution >= 0.6 is 0 Å². The van der Waals surface area contributed by atoms with Crippen molar-refractivity contribution in [1.82, 2.24) is 5.32 Å². The Kier molecular flexibility index (Phi) is 4.64. The molecule has 1 aliphatic rings. The molecule has 0 aromatic heterocycles. The van der Waals surface area contributed by atoms with Gasteiger partial charge >= 0.3 is 0 Å². The zero-order valence-corrected chi connectivity index (χ0v) is 11.2. The molecular weight excluding hydrogens is 194 g/mol. The average molecular weight is 221 g/mol. The van der Waals surface area contributed by atoms with Gasteiger partial charge in [0.05, 0.1) is 0 Å². The normalized spacial score (nSPS) is 25.2. The third kappa shape index (κ3) is 2.34. The fraction of sp³-hybridized carbons (Fsp3) is 0.733. The molecule has 1 N–H and O–H groups in total. The van der Waals surface area contributed by atoms with Gasteiger partial charge in [-0.15, -0.1) is 0 Å². The molecule has 1 atom stereocenters. The van der Waals surface area contributed by atoms with Crippen LogP contribution in [0.25, 0.3) is 0 Å². The summed E-state index contributed by atoms with van der Waals surface area (Å²) in [6, 6.07) is 0. The second-order valence-corrected chi connectivity index (χ2v) is 5.17. The second-order valence-electron chi connectivity index (χ2n) is 5.17. The van der Waals surface area contributed by atoms with Crippen LogP contribution in [0, 0.1) is 11.3 Å². The average Bonchev–Trinajstić information content (AvgIpc) is 2.54. The molecule has 0 aromatic rings. The van der Waals surface area contributed by atoms with E-state index in [1.807, 2.05) is 0 Å². The van der Waals surface area contributed by atoms with Gasteiger partial charge in [-0.1, -0.05) is 46.8 Å². The van der Waals surface area contributed by atoms with Crippen molar-refractivity contribution < 1.29 is 0 Å². The topological polar surface area (TPSA) is 12.0 Å². The molecule has 1 rings (SSSR count). The Morgan fingerprint density at radius 1 is 1.19 bits per heavy atom. The predicted octanol–water partition coefficient (Wildman–Crippen LogP) is 4.62. The van der Waals surface area contributed by atoms with Gasteiger partial charge in [0.1, 0.15) is 0 Å². The highest BCUT2D eigenvalue weighted by atomic mass is 15.0. The Morgan fingerprint density at radius 2 is 1.75 bits per heavy atom. The lowest BCUT2D eigenvalue weighted by Crippen LogP contribution is -2.30. The summed E-state index contributed by atoms with van der Waals surface area (Å²) in [7, 11) is 0. The zero-order valence-electron chi connectivity index (χ0n) is 11.2. The van der Waals surface area contributed by atoms with E-state index in [0.29, 0.717) is 0 Å². The Labute approximate surface area is 101 Å². The smallest absolute Gasteiger partial charge is 0.0178 e. The van der Waals surface area contributed by atoms with E-state index in [0.717, 1.165) is 18.0 Å². The van der Waals surface area contributed by atoms with E-state index in [4.69, 9.17) is 0 Å². The number of hydrogen-bond acceptors (Lipinski definition) is 1. The van der Waals surface area contributed by atoms with Crippen molar-refractivity contribution in [2.45, 2.75) is 59.3 Å². The van der Waals surface area contributed by atoms with Crippen LogP contribution in [0.1, 0.15) is 59.3 Å². The fourth-order valence-corrected chi connectivity index (χ4v) is 3.28. The zero-order chi connectivity index (χ0) is 12.2. The molecule has 0 aromatic carbocycles. The van der Waals surface area contributed by atoms with Crippen LogP contribution in [-0.4, -0.2) is 0 Å². The highest BCUT2D eigenvalue weighted by molar-refractivity contribution is 5.26. The first-order valence-electron chi connectivity index (χ1n) is 6.74. The molecule has 1 nitrogen and oxygen atoms in total. The van der Waals surface area contributed by atoms with Crippen molar-refractivity contribution in [1.29, 1.82) is 0 Å². The Bertz CT molecular complexity index is 261. The van der Waals surface area contributed by atoms with Gasteiger partial charge in [0.25, 0.3) is 0 Å². The molecule has 1 heterocycles. The third-order valence-corrected chi connectivity index (χ3v) is 4.14. The van der Waals surface area contributed by atoms with E-state index in [1.165, 1.54) is 37.8 Å². The monoisotopic (exact) mass is 221 g/mol. The standard InChI is InChI=1S/C15H27N/c1-6-9-14(10-7-2)15(8-3)11-12(4)16-13(15)5/h14,16H,4-11H2,1-3H3. The summed E-state index contributed by atoms with van der Waals surface area (Å²) in [4.78, 5) is 0. The molecule has 0 saturated carbocycles. The van der Waals surface area contributed by atoms with Crippen molar-refractivity contribution in [3.8, 4) is 0 Å². The van der Waals surface area contributed by atoms with Crippen molar-refractivity contribution in [3.63, 3.8) is 0 Å². The van der Waals surface area contributed by atoms with Gasteiger partial charge in [0, 0.05) is 16.8 Å². The summed E-state index contributed by atoms with van der Waals surface area (Å²) in [5.74, 6) is 0.770. The van der Waals surface area contributed by atoms with Crippen molar-refractivity contribution in [2.24, 2.45) is 11.3 Å². The summed E-state index contributed by atoms with van der Waals surface area (Å²) in [6.07, 6.45) is 7.44. The molecule has 1 heteroatoms. The summed E-state index contributed by atoms with van der Waals surface area (Å²) < 4.78 is 0. The van der Waals surface area contributed by atoms with Gasteiger partial charge in [-0.05, 0) is 31.6 Å². The number of hydrogen-bond donors (Lipinski definition) is 1. The van der Waals surface area contributed by atoms with Crippen molar-refractivity contribution in [2.75, 3.05) is 0 Å². The van der Waals surface area contributed by atoms with E-state index in [1.54, 1.807) is 0 Å². The van der Waals surface area contributed by atoms with Crippen molar-refractivity contribution in [3.05, 3.63) is 24.6 Å². The minimum absolute atomic E-state index is 0.281. The number of rotatable bonds is 6.